The van der Waals surface area contributed by atoms with E-state index >= 15 is 0 Å². The first kappa shape index (κ1) is 14.9. The molecule has 1 saturated heterocycles. The fourth-order valence-corrected chi connectivity index (χ4v) is 2.71. The van der Waals surface area contributed by atoms with Crippen molar-refractivity contribution in [2.45, 2.75) is 45.8 Å². The largest absolute Gasteiger partial charge is 0.498 e. The molecule has 0 saturated carbocycles. The molecule has 0 bridgehead atoms. The fourth-order valence-electron chi connectivity index (χ4n) is 2.16. The molecule has 0 radical (unpaired) electrons. The van der Waals surface area contributed by atoms with Crippen molar-refractivity contribution < 1.29 is 14.0 Å². The number of ether oxygens (including phenoxy) is 1. The molecule has 5 heteroatoms. The molecule has 1 heterocycles. The highest BCUT2D eigenvalue weighted by molar-refractivity contribution is 9.10. The van der Waals surface area contributed by atoms with Crippen LogP contribution in [-0.4, -0.2) is 25.4 Å². The summed E-state index contributed by atoms with van der Waals surface area (Å²) < 4.78 is 18.6. The Bertz CT molecular complexity index is 484. The van der Waals surface area contributed by atoms with Crippen LogP contribution in [-0.2, 0) is 9.31 Å². The Hall–Kier alpha value is -0.515. The van der Waals surface area contributed by atoms with Crippen molar-refractivity contribution in [3.63, 3.8) is 0 Å². The Balaban J connectivity index is 2.45. The monoisotopic (exact) mass is 326 g/mol. The van der Waals surface area contributed by atoms with Crippen molar-refractivity contribution in [2.75, 3.05) is 7.11 Å². The minimum atomic E-state index is -0.395. The van der Waals surface area contributed by atoms with Gasteiger partial charge in [0.1, 0.15) is 5.75 Å². The molecular weight excluding hydrogens is 307 g/mol. The van der Waals surface area contributed by atoms with Gasteiger partial charge < -0.3 is 14.0 Å². The van der Waals surface area contributed by atoms with Crippen LogP contribution in [0.1, 0.15) is 33.3 Å². The topological polar surface area (TPSA) is 27.7 Å². The number of halogens is 1. The standard InChI is InChI=1S/C14H20BBrO3/c1-9-7-10(16)8-11(17-6)12(9)15-18-13(2,3)14(4,5)19-15/h7-8H,1-6H3. The molecule has 1 aromatic carbocycles. The third-order valence-electron chi connectivity index (χ3n) is 4.02. The van der Waals surface area contributed by atoms with E-state index in [2.05, 4.69) is 15.9 Å². The van der Waals surface area contributed by atoms with Crippen molar-refractivity contribution in [1.82, 2.24) is 0 Å². The first-order valence-electron chi connectivity index (χ1n) is 6.37. The van der Waals surface area contributed by atoms with Gasteiger partial charge in [0.25, 0.3) is 0 Å². The van der Waals surface area contributed by atoms with E-state index in [1.54, 1.807) is 7.11 Å². The van der Waals surface area contributed by atoms with Gasteiger partial charge in [0, 0.05) is 9.94 Å². The molecule has 3 nitrogen and oxygen atoms in total. The van der Waals surface area contributed by atoms with Crippen LogP contribution in [0.2, 0.25) is 0 Å². The van der Waals surface area contributed by atoms with E-state index in [0.717, 1.165) is 21.2 Å². The van der Waals surface area contributed by atoms with Crippen LogP contribution in [0.25, 0.3) is 0 Å². The molecule has 1 aliphatic rings. The molecule has 2 rings (SSSR count). The zero-order valence-electron chi connectivity index (χ0n) is 12.3. The third-order valence-corrected chi connectivity index (χ3v) is 4.48. The average Bonchev–Trinajstić information content (AvgIpc) is 2.46. The van der Waals surface area contributed by atoms with Crippen LogP contribution in [0.5, 0.6) is 5.75 Å². The lowest BCUT2D eigenvalue weighted by Gasteiger charge is -2.32. The molecule has 0 unspecified atom stereocenters. The molecule has 0 amide bonds. The highest BCUT2D eigenvalue weighted by Gasteiger charge is 2.52. The van der Waals surface area contributed by atoms with E-state index < -0.39 is 7.12 Å². The number of aryl methyl sites for hydroxylation is 1. The zero-order valence-corrected chi connectivity index (χ0v) is 13.9. The maximum atomic E-state index is 6.10. The number of benzene rings is 1. The molecule has 1 aliphatic heterocycles. The molecule has 19 heavy (non-hydrogen) atoms. The second kappa shape index (κ2) is 4.79. The summed E-state index contributed by atoms with van der Waals surface area (Å²) in [4.78, 5) is 0. The molecular formula is C14H20BBrO3. The number of hydrogen-bond acceptors (Lipinski definition) is 3. The van der Waals surface area contributed by atoms with Crippen LogP contribution in [0.3, 0.4) is 0 Å². The molecule has 0 N–H and O–H groups in total. The summed E-state index contributed by atoms with van der Waals surface area (Å²) >= 11 is 3.48. The number of hydrogen-bond donors (Lipinski definition) is 0. The SMILES string of the molecule is COc1cc(Br)cc(C)c1B1OC(C)(C)C(C)(C)O1. The van der Waals surface area contributed by atoms with Crippen LogP contribution in [0.15, 0.2) is 16.6 Å². The summed E-state index contributed by atoms with van der Waals surface area (Å²) in [5.41, 5.74) is 1.36. The Labute approximate surface area is 123 Å². The summed E-state index contributed by atoms with van der Waals surface area (Å²) in [5.74, 6) is 0.783. The minimum absolute atomic E-state index is 0.345. The van der Waals surface area contributed by atoms with Crippen LogP contribution < -0.4 is 10.2 Å². The summed E-state index contributed by atoms with van der Waals surface area (Å²) in [6.45, 7) is 10.2. The smallest absolute Gasteiger partial charge is 0.497 e. The lowest BCUT2D eigenvalue weighted by Crippen LogP contribution is -2.41. The first-order valence-corrected chi connectivity index (χ1v) is 7.17. The zero-order chi connectivity index (χ0) is 14.4. The summed E-state index contributed by atoms with van der Waals surface area (Å²) in [6.07, 6.45) is 0. The van der Waals surface area contributed by atoms with Gasteiger partial charge in [0.2, 0.25) is 0 Å². The molecule has 104 valence electrons. The molecule has 1 fully saturated rings. The van der Waals surface area contributed by atoms with Crippen molar-refractivity contribution in [2.24, 2.45) is 0 Å². The second-order valence-corrected chi connectivity index (χ2v) is 6.84. The van der Waals surface area contributed by atoms with E-state index in [9.17, 15) is 0 Å². The molecule has 1 aromatic rings. The third kappa shape index (κ3) is 2.56. The van der Waals surface area contributed by atoms with E-state index in [1.807, 2.05) is 46.8 Å². The Morgan fingerprint density at radius 3 is 2.11 bits per heavy atom. The van der Waals surface area contributed by atoms with Crippen molar-refractivity contribution in [3.8, 4) is 5.75 Å². The lowest BCUT2D eigenvalue weighted by atomic mass is 9.75. The van der Waals surface area contributed by atoms with E-state index in [4.69, 9.17) is 14.0 Å². The number of methoxy groups -OCH3 is 1. The van der Waals surface area contributed by atoms with Gasteiger partial charge in [-0.05, 0) is 52.3 Å². The maximum Gasteiger partial charge on any atom is 0.498 e. The summed E-state index contributed by atoms with van der Waals surface area (Å²) in [7, 11) is 1.27. The van der Waals surface area contributed by atoms with Gasteiger partial charge in [-0.3, -0.25) is 0 Å². The second-order valence-electron chi connectivity index (χ2n) is 5.93. The Morgan fingerprint density at radius 1 is 1.11 bits per heavy atom. The van der Waals surface area contributed by atoms with Crippen LogP contribution in [0.4, 0.5) is 0 Å². The van der Waals surface area contributed by atoms with Gasteiger partial charge in [-0.1, -0.05) is 15.9 Å². The van der Waals surface area contributed by atoms with Gasteiger partial charge >= 0.3 is 7.12 Å². The van der Waals surface area contributed by atoms with Crippen LogP contribution in [0, 0.1) is 6.92 Å². The van der Waals surface area contributed by atoms with Gasteiger partial charge in [-0.25, -0.2) is 0 Å². The first-order chi connectivity index (χ1) is 8.68. The predicted molar refractivity (Wildman–Crippen MR) is 81.1 cm³/mol. The number of rotatable bonds is 2. The lowest BCUT2D eigenvalue weighted by molar-refractivity contribution is 0.00578. The molecule has 0 aliphatic carbocycles. The highest BCUT2D eigenvalue weighted by atomic mass is 79.9. The quantitative estimate of drug-likeness (QED) is 0.782. The Morgan fingerprint density at radius 2 is 1.63 bits per heavy atom. The van der Waals surface area contributed by atoms with Crippen LogP contribution >= 0.6 is 15.9 Å². The summed E-state index contributed by atoms with van der Waals surface area (Å²) in [6, 6.07) is 3.98. The predicted octanol–water partition coefficient (Wildman–Crippen LogP) is 3.07. The van der Waals surface area contributed by atoms with Gasteiger partial charge in [-0.15, -0.1) is 0 Å². The average molecular weight is 327 g/mol. The van der Waals surface area contributed by atoms with Crippen molar-refractivity contribution >= 4 is 28.5 Å². The fraction of sp³-hybridized carbons (Fsp3) is 0.571. The van der Waals surface area contributed by atoms with Crippen molar-refractivity contribution in [3.05, 3.63) is 22.2 Å². The highest BCUT2D eigenvalue weighted by Crippen LogP contribution is 2.37. The minimum Gasteiger partial charge on any atom is -0.497 e. The van der Waals surface area contributed by atoms with Gasteiger partial charge in [0.15, 0.2) is 0 Å². The summed E-state index contributed by atoms with van der Waals surface area (Å²) in [5, 5.41) is 0. The normalized spacial score (nSPS) is 20.7. The maximum absolute atomic E-state index is 6.10. The van der Waals surface area contributed by atoms with E-state index in [0.29, 0.717) is 0 Å². The Kier molecular flexibility index (Phi) is 3.76. The van der Waals surface area contributed by atoms with Gasteiger partial charge in [-0.2, -0.15) is 0 Å². The van der Waals surface area contributed by atoms with Crippen molar-refractivity contribution in [1.29, 1.82) is 0 Å². The van der Waals surface area contributed by atoms with E-state index in [1.165, 1.54) is 0 Å². The van der Waals surface area contributed by atoms with Gasteiger partial charge in [0.05, 0.1) is 18.3 Å². The molecule has 0 atom stereocenters. The van der Waals surface area contributed by atoms with E-state index in [-0.39, 0.29) is 11.2 Å². The molecule has 0 spiro atoms. The molecule has 0 aromatic heterocycles.